The summed E-state index contributed by atoms with van der Waals surface area (Å²) in [4.78, 5) is 12.2. The van der Waals surface area contributed by atoms with E-state index in [1.807, 2.05) is 18.9 Å². The number of nitro benzene ring substituents is 1. The molecule has 0 amide bonds. The van der Waals surface area contributed by atoms with Gasteiger partial charge in [-0.1, -0.05) is 0 Å². The quantitative estimate of drug-likeness (QED) is 0.613. The second kappa shape index (κ2) is 6.66. The summed E-state index contributed by atoms with van der Waals surface area (Å²) in [5, 5.41) is 28.8. The van der Waals surface area contributed by atoms with Crippen LogP contribution >= 0.6 is 0 Å². The molecule has 3 rings (SSSR count). The molecular formula is C16H20N4O4. The molecule has 8 nitrogen and oxygen atoms in total. The first kappa shape index (κ1) is 16.5. The van der Waals surface area contributed by atoms with Gasteiger partial charge >= 0.3 is 0 Å². The summed E-state index contributed by atoms with van der Waals surface area (Å²) in [6.07, 6.45) is 1.86. The molecular weight excluding hydrogens is 312 g/mol. The van der Waals surface area contributed by atoms with Gasteiger partial charge in [0.25, 0.3) is 5.69 Å². The zero-order valence-electron chi connectivity index (χ0n) is 13.6. The number of aliphatic hydroxyl groups excluding tert-OH is 1. The molecule has 2 atom stereocenters. The van der Waals surface area contributed by atoms with E-state index in [4.69, 9.17) is 4.42 Å². The molecule has 1 fully saturated rings. The van der Waals surface area contributed by atoms with Crippen molar-refractivity contribution in [3.63, 3.8) is 0 Å². The Morgan fingerprint density at radius 3 is 2.62 bits per heavy atom. The van der Waals surface area contributed by atoms with Crippen LogP contribution in [0.2, 0.25) is 0 Å². The molecule has 128 valence electrons. The van der Waals surface area contributed by atoms with E-state index in [-0.39, 0.29) is 17.8 Å². The summed E-state index contributed by atoms with van der Waals surface area (Å²) in [7, 11) is 1.91. The van der Waals surface area contributed by atoms with Gasteiger partial charge in [-0.15, -0.1) is 10.2 Å². The Morgan fingerprint density at radius 2 is 2.04 bits per heavy atom. The van der Waals surface area contributed by atoms with Gasteiger partial charge in [-0.2, -0.15) is 0 Å². The standard InChI is InChI=1S/C16H20N4O4/c1-10(19(2)9-14(21)11-3-4-11)15-17-18-16(24-15)12-5-7-13(8-6-12)20(22)23/h5-8,10-11,14,21H,3-4,9H2,1-2H3. The van der Waals surface area contributed by atoms with Crippen LogP contribution in [0.3, 0.4) is 0 Å². The van der Waals surface area contributed by atoms with Gasteiger partial charge in [-0.25, -0.2) is 0 Å². The van der Waals surface area contributed by atoms with Gasteiger partial charge in [-0.05, 0) is 44.9 Å². The first-order valence-electron chi connectivity index (χ1n) is 7.92. The molecule has 1 aliphatic rings. The van der Waals surface area contributed by atoms with Gasteiger partial charge in [0.05, 0.1) is 17.1 Å². The average Bonchev–Trinajstić information content (AvgIpc) is 3.31. The molecule has 1 N–H and O–H groups in total. The van der Waals surface area contributed by atoms with Gasteiger partial charge in [-0.3, -0.25) is 15.0 Å². The van der Waals surface area contributed by atoms with Gasteiger partial charge in [0.2, 0.25) is 11.8 Å². The van der Waals surface area contributed by atoms with Crippen molar-refractivity contribution in [1.82, 2.24) is 15.1 Å². The van der Waals surface area contributed by atoms with Crippen LogP contribution in [0.25, 0.3) is 11.5 Å². The van der Waals surface area contributed by atoms with E-state index in [1.165, 1.54) is 12.1 Å². The van der Waals surface area contributed by atoms with Gasteiger partial charge in [0, 0.05) is 24.2 Å². The number of hydrogen-bond acceptors (Lipinski definition) is 7. The minimum atomic E-state index is -0.453. The molecule has 1 aromatic heterocycles. The van der Waals surface area contributed by atoms with Gasteiger partial charge < -0.3 is 9.52 Å². The smallest absolute Gasteiger partial charge is 0.269 e. The summed E-state index contributed by atoms with van der Waals surface area (Å²) in [6.45, 7) is 2.49. The Labute approximate surface area is 139 Å². The summed E-state index contributed by atoms with van der Waals surface area (Å²) in [5.74, 6) is 1.19. The SMILES string of the molecule is CC(c1nnc(-c2ccc([N+](=O)[O-])cc2)o1)N(C)CC(O)C1CC1. The lowest BCUT2D eigenvalue weighted by Gasteiger charge is -2.24. The van der Waals surface area contributed by atoms with E-state index >= 15 is 0 Å². The highest BCUT2D eigenvalue weighted by molar-refractivity contribution is 5.55. The molecule has 2 aromatic rings. The fourth-order valence-electron chi connectivity index (χ4n) is 2.52. The number of rotatable bonds is 7. The summed E-state index contributed by atoms with van der Waals surface area (Å²) >= 11 is 0. The zero-order chi connectivity index (χ0) is 17.3. The molecule has 1 heterocycles. The minimum absolute atomic E-state index is 0.0145. The lowest BCUT2D eigenvalue weighted by molar-refractivity contribution is -0.384. The third-order valence-electron chi connectivity index (χ3n) is 4.43. The van der Waals surface area contributed by atoms with Crippen LogP contribution in [-0.4, -0.2) is 44.8 Å². The minimum Gasteiger partial charge on any atom is -0.419 e. The lowest BCUT2D eigenvalue weighted by Crippen LogP contribution is -2.32. The fraction of sp³-hybridized carbons (Fsp3) is 0.500. The van der Waals surface area contributed by atoms with Crippen molar-refractivity contribution in [1.29, 1.82) is 0 Å². The second-order valence-electron chi connectivity index (χ2n) is 6.27. The second-order valence-corrected chi connectivity index (χ2v) is 6.27. The van der Waals surface area contributed by atoms with Gasteiger partial charge in [0.1, 0.15) is 0 Å². The first-order chi connectivity index (χ1) is 11.5. The number of hydrogen-bond donors (Lipinski definition) is 1. The number of non-ortho nitro benzene ring substituents is 1. The molecule has 1 aromatic carbocycles. The van der Waals surface area contributed by atoms with E-state index < -0.39 is 4.92 Å². The van der Waals surface area contributed by atoms with Gasteiger partial charge in [0.15, 0.2) is 0 Å². The Hall–Kier alpha value is -2.32. The van der Waals surface area contributed by atoms with Crippen LogP contribution in [0.5, 0.6) is 0 Å². The average molecular weight is 332 g/mol. The third kappa shape index (κ3) is 3.60. The van der Waals surface area contributed by atoms with Crippen molar-refractivity contribution in [2.24, 2.45) is 5.92 Å². The topological polar surface area (TPSA) is 106 Å². The number of nitrogens with zero attached hydrogens (tertiary/aromatic N) is 4. The number of nitro groups is 1. The van der Waals surface area contributed by atoms with E-state index in [9.17, 15) is 15.2 Å². The van der Waals surface area contributed by atoms with Crippen molar-refractivity contribution in [2.45, 2.75) is 31.9 Å². The molecule has 2 unspecified atom stereocenters. The largest absolute Gasteiger partial charge is 0.419 e. The van der Waals surface area contributed by atoms with Crippen molar-refractivity contribution < 1.29 is 14.4 Å². The van der Waals surface area contributed by atoms with Crippen molar-refractivity contribution in [3.05, 3.63) is 40.3 Å². The maximum atomic E-state index is 10.7. The summed E-state index contributed by atoms with van der Waals surface area (Å²) in [5.41, 5.74) is 0.646. The monoisotopic (exact) mass is 332 g/mol. The highest BCUT2D eigenvalue weighted by atomic mass is 16.6. The Balaban J connectivity index is 1.68. The Bertz CT molecular complexity index is 711. The van der Waals surface area contributed by atoms with E-state index in [0.717, 1.165) is 12.8 Å². The normalized spacial score (nSPS) is 17.0. The van der Waals surface area contributed by atoms with Crippen LogP contribution in [0.15, 0.2) is 28.7 Å². The fourth-order valence-corrected chi connectivity index (χ4v) is 2.52. The van der Waals surface area contributed by atoms with Crippen molar-refractivity contribution in [3.8, 4) is 11.5 Å². The number of likely N-dealkylation sites (N-methyl/N-ethyl adjacent to an activating group) is 1. The molecule has 24 heavy (non-hydrogen) atoms. The molecule has 1 aliphatic carbocycles. The van der Waals surface area contributed by atoms with Crippen molar-refractivity contribution in [2.75, 3.05) is 13.6 Å². The van der Waals surface area contributed by atoms with E-state index in [0.29, 0.717) is 29.8 Å². The molecule has 1 saturated carbocycles. The Kier molecular flexibility index (Phi) is 4.59. The predicted octanol–water partition coefficient (Wildman–Crippen LogP) is 2.41. The van der Waals surface area contributed by atoms with Crippen LogP contribution in [0.1, 0.15) is 31.7 Å². The predicted molar refractivity (Wildman–Crippen MR) is 86.2 cm³/mol. The first-order valence-corrected chi connectivity index (χ1v) is 7.92. The zero-order valence-corrected chi connectivity index (χ0v) is 13.6. The van der Waals surface area contributed by atoms with E-state index in [1.54, 1.807) is 12.1 Å². The van der Waals surface area contributed by atoms with E-state index in [2.05, 4.69) is 10.2 Å². The molecule has 0 spiro atoms. The highest BCUT2D eigenvalue weighted by Gasteiger charge is 2.31. The maximum absolute atomic E-state index is 10.7. The number of aromatic nitrogens is 2. The van der Waals surface area contributed by atoms with Crippen LogP contribution in [0.4, 0.5) is 5.69 Å². The number of benzene rings is 1. The van der Waals surface area contributed by atoms with Crippen LogP contribution in [0, 0.1) is 16.0 Å². The summed E-state index contributed by atoms with van der Waals surface area (Å²) < 4.78 is 5.70. The lowest BCUT2D eigenvalue weighted by atomic mass is 10.2. The highest BCUT2D eigenvalue weighted by Crippen LogP contribution is 2.33. The Morgan fingerprint density at radius 1 is 1.38 bits per heavy atom. The number of aliphatic hydroxyl groups is 1. The third-order valence-corrected chi connectivity index (χ3v) is 4.43. The summed E-state index contributed by atoms with van der Waals surface area (Å²) in [6, 6.07) is 5.85. The molecule has 8 heteroatoms. The molecule has 0 radical (unpaired) electrons. The van der Waals surface area contributed by atoms with Crippen molar-refractivity contribution >= 4 is 5.69 Å². The molecule has 0 aliphatic heterocycles. The molecule has 0 saturated heterocycles. The van der Waals surface area contributed by atoms with Crippen LogP contribution < -0.4 is 0 Å². The van der Waals surface area contributed by atoms with Crippen LogP contribution in [-0.2, 0) is 0 Å². The molecule has 0 bridgehead atoms. The maximum Gasteiger partial charge on any atom is 0.269 e.